The van der Waals surface area contributed by atoms with E-state index in [9.17, 15) is 14.7 Å². The lowest BCUT2D eigenvalue weighted by molar-refractivity contribution is -0.159. The van der Waals surface area contributed by atoms with Gasteiger partial charge in [0.1, 0.15) is 11.9 Å². The summed E-state index contributed by atoms with van der Waals surface area (Å²) >= 11 is 0. The third-order valence-electron chi connectivity index (χ3n) is 5.48. The van der Waals surface area contributed by atoms with Crippen LogP contribution >= 0.6 is 0 Å². The van der Waals surface area contributed by atoms with E-state index in [0.717, 1.165) is 0 Å². The van der Waals surface area contributed by atoms with Gasteiger partial charge < -0.3 is 14.7 Å². The van der Waals surface area contributed by atoms with E-state index in [1.165, 1.54) is 4.90 Å². The van der Waals surface area contributed by atoms with Crippen molar-refractivity contribution >= 4 is 11.9 Å². The highest BCUT2D eigenvalue weighted by Gasteiger charge is 2.42. The zero-order valence-electron chi connectivity index (χ0n) is 17.9. The lowest BCUT2D eigenvalue weighted by Gasteiger charge is -2.47. The maximum absolute atomic E-state index is 15.1. The van der Waals surface area contributed by atoms with E-state index >= 15 is 4.39 Å². The van der Waals surface area contributed by atoms with E-state index in [0.29, 0.717) is 37.3 Å². The van der Waals surface area contributed by atoms with Gasteiger partial charge in [0.25, 0.3) is 0 Å². The smallest absolute Gasteiger partial charge is 0.327 e. The first-order valence-electron chi connectivity index (χ1n) is 10.1. The van der Waals surface area contributed by atoms with Crippen LogP contribution in [0.4, 0.5) is 4.39 Å². The maximum Gasteiger partial charge on any atom is 0.327 e. The van der Waals surface area contributed by atoms with Crippen molar-refractivity contribution in [3.8, 4) is 0 Å². The van der Waals surface area contributed by atoms with Gasteiger partial charge in [0.05, 0.1) is 11.7 Å². The molecule has 2 rings (SSSR count). The summed E-state index contributed by atoms with van der Waals surface area (Å²) < 4.78 is 20.3. The number of carbonyl (C=O) groups is 2. The number of nitrogens with zero attached hydrogens (tertiary/aromatic N) is 3. The van der Waals surface area contributed by atoms with Gasteiger partial charge in [0.2, 0.25) is 5.91 Å². The van der Waals surface area contributed by atoms with Crippen molar-refractivity contribution in [2.45, 2.75) is 58.7 Å². The minimum Gasteiger partial charge on any atom is -0.480 e. The van der Waals surface area contributed by atoms with Crippen LogP contribution in [0.5, 0.6) is 0 Å². The molecule has 162 valence electrons. The van der Waals surface area contributed by atoms with Crippen LogP contribution in [0.1, 0.15) is 51.4 Å². The van der Waals surface area contributed by atoms with Crippen LogP contribution in [-0.4, -0.2) is 70.7 Å². The second kappa shape index (κ2) is 10.1. The molecule has 0 aliphatic carbocycles. The Morgan fingerprint density at radius 3 is 2.62 bits per heavy atom. The van der Waals surface area contributed by atoms with Gasteiger partial charge in [-0.1, -0.05) is 20.8 Å². The van der Waals surface area contributed by atoms with Crippen LogP contribution in [0, 0.1) is 11.7 Å². The number of ether oxygens (including phenoxy) is 1. The van der Waals surface area contributed by atoms with Crippen molar-refractivity contribution in [3.63, 3.8) is 0 Å². The third kappa shape index (κ3) is 5.11. The van der Waals surface area contributed by atoms with Gasteiger partial charge >= 0.3 is 5.97 Å². The first-order valence-corrected chi connectivity index (χ1v) is 10.1. The molecule has 0 unspecified atom stereocenters. The Morgan fingerprint density at radius 2 is 2.07 bits per heavy atom. The number of hydrogen-bond donors (Lipinski definition) is 1. The predicted octanol–water partition coefficient (Wildman–Crippen LogP) is 2.50. The van der Waals surface area contributed by atoms with Crippen molar-refractivity contribution in [1.29, 1.82) is 0 Å². The molecule has 0 bridgehead atoms. The molecule has 1 aromatic rings. The van der Waals surface area contributed by atoms with E-state index < -0.39 is 18.1 Å². The van der Waals surface area contributed by atoms with Crippen molar-refractivity contribution in [3.05, 3.63) is 29.3 Å². The summed E-state index contributed by atoms with van der Waals surface area (Å²) in [6.45, 7) is 8.18. The van der Waals surface area contributed by atoms with Crippen LogP contribution in [0.15, 0.2) is 12.3 Å². The summed E-state index contributed by atoms with van der Waals surface area (Å²) in [6, 6.07) is -0.0749. The fourth-order valence-electron chi connectivity index (χ4n) is 3.97. The van der Waals surface area contributed by atoms with E-state index in [2.05, 4.69) is 4.98 Å². The van der Waals surface area contributed by atoms with Gasteiger partial charge in [-0.05, 0) is 31.4 Å². The molecule has 1 saturated heterocycles. The van der Waals surface area contributed by atoms with Crippen LogP contribution in [0.2, 0.25) is 0 Å². The highest BCUT2D eigenvalue weighted by molar-refractivity contribution is 5.85. The molecule has 0 aromatic carbocycles. The minimum atomic E-state index is -1.06. The molecular weight excluding hydrogens is 377 g/mol. The minimum absolute atomic E-state index is 0.115. The molecule has 7 nitrogen and oxygen atoms in total. The van der Waals surface area contributed by atoms with Crippen molar-refractivity contribution < 1.29 is 23.8 Å². The van der Waals surface area contributed by atoms with Crippen LogP contribution in [-0.2, 0) is 20.7 Å². The molecule has 1 aliphatic heterocycles. The van der Waals surface area contributed by atoms with E-state index in [-0.39, 0.29) is 30.2 Å². The van der Waals surface area contributed by atoms with Crippen molar-refractivity contribution in [2.75, 3.05) is 26.8 Å². The standard InChI is InChI=1S/C21H32FN3O4/c1-6-15-7-9-23-19(18(15)22)16(8-10-29-5)24-11-14(4)25(20(26)13(2)3)17(12-24)21(27)28/h7,9,13-14,16-17H,6,8,10-12H2,1-5H3,(H,27,28)/t14-,16-,17-/m1/s1. The Kier molecular flexibility index (Phi) is 8.10. The summed E-state index contributed by atoms with van der Waals surface area (Å²) in [6.07, 6.45) is 2.61. The summed E-state index contributed by atoms with van der Waals surface area (Å²) in [4.78, 5) is 32.3. The first kappa shape index (κ1) is 23.2. The molecule has 1 aromatic heterocycles. The summed E-state index contributed by atoms with van der Waals surface area (Å²) in [5.41, 5.74) is 0.884. The summed E-state index contributed by atoms with van der Waals surface area (Å²) in [5, 5.41) is 9.81. The van der Waals surface area contributed by atoms with E-state index in [4.69, 9.17) is 4.74 Å². The number of carboxylic acids is 1. The number of aliphatic carboxylic acids is 1. The number of rotatable bonds is 8. The quantitative estimate of drug-likeness (QED) is 0.710. The Labute approximate surface area is 171 Å². The molecule has 0 radical (unpaired) electrons. The number of carboxylic acid groups (broad SMARTS) is 1. The monoisotopic (exact) mass is 409 g/mol. The van der Waals surface area contributed by atoms with Gasteiger partial charge in [-0.25, -0.2) is 9.18 Å². The average molecular weight is 410 g/mol. The zero-order chi connectivity index (χ0) is 21.7. The number of halogens is 1. The Hall–Kier alpha value is -2.06. The Balaban J connectivity index is 2.40. The fraction of sp³-hybridized carbons (Fsp3) is 0.667. The molecule has 1 aliphatic rings. The largest absolute Gasteiger partial charge is 0.480 e. The predicted molar refractivity (Wildman–Crippen MR) is 107 cm³/mol. The average Bonchev–Trinajstić information content (AvgIpc) is 2.68. The number of amides is 1. The van der Waals surface area contributed by atoms with Crippen molar-refractivity contribution in [1.82, 2.24) is 14.8 Å². The molecule has 1 amide bonds. The van der Waals surface area contributed by atoms with E-state index in [1.54, 1.807) is 33.2 Å². The normalized spacial score (nSPS) is 21.4. The lowest BCUT2D eigenvalue weighted by atomic mass is 9.98. The van der Waals surface area contributed by atoms with Gasteiger partial charge in [0, 0.05) is 45.0 Å². The van der Waals surface area contributed by atoms with Gasteiger partial charge in [0.15, 0.2) is 0 Å². The molecule has 1 fully saturated rings. The molecule has 1 N–H and O–H groups in total. The number of aromatic nitrogens is 1. The third-order valence-corrected chi connectivity index (χ3v) is 5.48. The van der Waals surface area contributed by atoms with Gasteiger partial charge in [-0.2, -0.15) is 0 Å². The molecule has 0 saturated carbocycles. The van der Waals surface area contributed by atoms with Gasteiger partial charge in [-0.3, -0.25) is 14.7 Å². The molecule has 0 spiro atoms. The highest BCUT2D eigenvalue weighted by atomic mass is 19.1. The SMILES string of the molecule is CCc1ccnc([C@@H](CCOC)N2C[C@@H](C)N(C(=O)C(C)C)[C@@H](C(=O)O)C2)c1F. The van der Waals surface area contributed by atoms with Crippen molar-refractivity contribution in [2.24, 2.45) is 5.92 Å². The van der Waals surface area contributed by atoms with E-state index in [1.807, 2.05) is 18.7 Å². The summed E-state index contributed by atoms with van der Waals surface area (Å²) in [7, 11) is 1.57. The number of methoxy groups -OCH3 is 1. The maximum atomic E-state index is 15.1. The zero-order valence-corrected chi connectivity index (χ0v) is 17.9. The number of carbonyl (C=O) groups excluding carboxylic acids is 1. The Morgan fingerprint density at radius 1 is 1.38 bits per heavy atom. The molecular formula is C21H32FN3O4. The van der Waals surface area contributed by atoms with Crippen LogP contribution < -0.4 is 0 Å². The number of pyridine rings is 1. The highest BCUT2D eigenvalue weighted by Crippen LogP contribution is 2.31. The van der Waals surface area contributed by atoms with Crippen LogP contribution in [0.25, 0.3) is 0 Å². The molecule has 2 heterocycles. The first-order chi connectivity index (χ1) is 13.7. The fourth-order valence-corrected chi connectivity index (χ4v) is 3.97. The molecule has 29 heavy (non-hydrogen) atoms. The van der Waals surface area contributed by atoms with Gasteiger partial charge in [-0.15, -0.1) is 0 Å². The molecule has 3 atom stereocenters. The number of hydrogen-bond acceptors (Lipinski definition) is 5. The number of aryl methyl sites for hydroxylation is 1. The Bertz CT molecular complexity index is 728. The second-order valence-corrected chi connectivity index (χ2v) is 7.88. The number of piperazine rings is 1. The summed E-state index contributed by atoms with van der Waals surface area (Å²) in [5.74, 6) is -1.89. The lowest BCUT2D eigenvalue weighted by Crippen LogP contribution is -2.63. The molecule has 8 heteroatoms. The second-order valence-electron chi connectivity index (χ2n) is 7.88. The van der Waals surface area contributed by atoms with Crippen LogP contribution in [0.3, 0.4) is 0 Å². The topological polar surface area (TPSA) is 83.0 Å².